The molecule has 1 saturated heterocycles. The van der Waals surface area contributed by atoms with Gasteiger partial charge in [-0.1, -0.05) is 30.3 Å². The standard InChI is InChI=1S/C15H19NO4/c1-15(14(18)19,12-5-3-2-4-6-12)10-16-13(17)11-7-8-20-9-11/h2-6,11H,7-10H2,1H3,(H,16,17)(H,18,19). The van der Waals surface area contributed by atoms with Crippen LogP contribution in [-0.2, 0) is 19.7 Å². The molecule has 1 amide bonds. The molecule has 0 aromatic heterocycles. The Labute approximate surface area is 117 Å². The van der Waals surface area contributed by atoms with Crippen molar-refractivity contribution in [2.24, 2.45) is 5.92 Å². The van der Waals surface area contributed by atoms with Gasteiger partial charge in [-0.15, -0.1) is 0 Å². The Bertz CT molecular complexity index is 482. The summed E-state index contributed by atoms with van der Waals surface area (Å²) >= 11 is 0. The van der Waals surface area contributed by atoms with Gasteiger partial charge in [0.05, 0.1) is 12.5 Å². The number of carbonyl (C=O) groups is 2. The maximum absolute atomic E-state index is 12.0. The SMILES string of the molecule is CC(CNC(=O)C1CCOC1)(C(=O)O)c1ccccc1. The number of amides is 1. The molecule has 5 heteroatoms. The van der Waals surface area contributed by atoms with E-state index in [1.165, 1.54) is 0 Å². The van der Waals surface area contributed by atoms with Crippen LogP contribution in [0.3, 0.4) is 0 Å². The van der Waals surface area contributed by atoms with Crippen molar-refractivity contribution in [3.63, 3.8) is 0 Å². The van der Waals surface area contributed by atoms with Crippen molar-refractivity contribution in [2.75, 3.05) is 19.8 Å². The molecule has 0 saturated carbocycles. The van der Waals surface area contributed by atoms with Crippen LogP contribution in [0, 0.1) is 5.92 Å². The summed E-state index contributed by atoms with van der Waals surface area (Å²) in [7, 11) is 0. The largest absolute Gasteiger partial charge is 0.481 e. The first-order chi connectivity index (χ1) is 9.54. The number of carboxylic acids is 1. The second-order valence-corrected chi connectivity index (χ2v) is 5.28. The maximum atomic E-state index is 12.0. The molecule has 2 rings (SSSR count). The van der Waals surface area contributed by atoms with E-state index in [0.717, 1.165) is 0 Å². The number of aliphatic carboxylic acids is 1. The zero-order chi connectivity index (χ0) is 14.6. The van der Waals surface area contributed by atoms with Gasteiger partial charge in [-0.3, -0.25) is 9.59 Å². The summed E-state index contributed by atoms with van der Waals surface area (Å²) in [5, 5.41) is 12.2. The molecule has 1 heterocycles. The Morgan fingerprint density at radius 3 is 2.65 bits per heavy atom. The molecule has 2 N–H and O–H groups in total. The number of hydrogen-bond donors (Lipinski definition) is 2. The number of nitrogens with one attached hydrogen (secondary N) is 1. The third-order valence-corrected chi connectivity index (χ3v) is 3.80. The number of carboxylic acid groups (broad SMARTS) is 1. The van der Waals surface area contributed by atoms with Crippen LogP contribution in [0.4, 0.5) is 0 Å². The van der Waals surface area contributed by atoms with Crippen molar-refractivity contribution in [1.29, 1.82) is 0 Å². The molecule has 0 bridgehead atoms. The summed E-state index contributed by atoms with van der Waals surface area (Å²) < 4.78 is 5.17. The van der Waals surface area contributed by atoms with Crippen molar-refractivity contribution >= 4 is 11.9 Å². The first-order valence-corrected chi connectivity index (χ1v) is 6.68. The number of rotatable bonds is 5. The van der Waals surface area contributed by atoms with E-state index in [1.54, 1.807) is 31.2 Å². The van der Waals surface area contributed by atoms with Crippen molar-refractivity contribution in [1.82, 2.24) is 5.32 Å². The van der Waals surface area contributed by atoms with Gasteiger partial charge in [-0.25, -0.2) is 0 Å². The molecule has 1 aliphatic heterocycles. The monoisotopic (exact) mass is 277 g/mol. The lowest BCUT2D eigenvalue weighted by Crippen LogP contribution is -2.46. The third-order valence-electron chi connectivity index (χ3n) is 3.80. The fourth-order valence-electron chi connectivity index (χ4n) is 2.26. The van der Waals surface area contributed by atoms with Crippen LogP contribution >= 0.6 is 0 Å². The molecule has 20 heavy (non-hydrogen) atoms. The summed E-state index contributed by atoms with van der Waals surface area (Å²) in [4.78, 5) is 23.5. The fourth-order valence-corrected chi connectivity index (χ4v) is 2.26. The normalized spacial score (nSPS) is 21.1. The number of carbonyl (C=O) groups excluding carboxylic acids is 1. The smallest absolute Gasteiger partial charge is 0.315 e. The highest BCUT2D eigenvalue weighted by Gasteiger charge is 2.36. The van der Waals surface area contributed by atoms with E-state index in [1.807, 2.05) is 6.07 Å². The Morgan fingerprint density at radius 2 is 2.10 bits per heavy atom. The Morgan fingerprint density at radius 1 is 1.40 bits per heavy atom. The first kappa shape index (κ1) is 14.5. The van der Waals surface area contributed by atoms with Crippen LogP contribution in [0.1, 0.15) is 18.9 Å². The van der Waals surface area contributed by atoms with Gasteiger partial charge in [-0.2, -0.15) is 0 Å². The first-order valence-electron chi connectivity index (χ1n) is 6.68. The molecule has 0 spiro atoms. The van der Waals surface area contributed by atoms with Crippen LogP contribution < -0.4 is 5.32 Å². The van der Waals surface area contributed by atoms with Gasteiger partial charge in [0, 0.05) is 13.2 Å². The fraction of sp³-hybridized carbons (Fsp3) is 0.467. The van der Waals surface area contributed by atoms with Gasteiger partial charge < -0.3 is 15.2 Å². The lowest BCUT2D eigenvalue weighted by Gasteiger charge is -2.26. The van der Waals surface area contributed by atoms with Crippen LogP contribution in [0.5, 0.6) is 0 Å². The maximum Gasteiger partial charge on any atom is 0.315 e. The van der Waals surface area contributed by atoms with Gasteiger partial charge in [-0.05, 0) is 18.9 Å². The molecule has 1 aromatic rings. The van der Waals surface area contributed by atoms with Crippen molar-refractivity contribution < 1.29 is 19.4 Å². The second kappa shape index (κ2) is 6.05. The molecular weight excluding hydrogens is 258 g/mol. The molecule has 1 aliphatic rings. The number of benzene rings is 1. The van der Waals surface area contributed by atoms with Crippen LogP contribution in [0.25, 0.3) is 0 Å². The lowest BCUT2D eigenvalue weighted by molar-refractivity contribution is -0.143. The molecule has 0 aliphatic carbocycles. The summed E-state index contributed by atoms with van der Waals surface area (Å²) in [6.45, 7) is 2.70. The summed E-state index contributed by atoms with van der Waals surface area (Å²) in [6.07, 6.45) is 0.695. The van der Waals surface area contributed by atoms with Gasteiger partial charge in [0.1, 0.15) is 5.41 Å². The highest BCUT2D eigenvalue weighted by molar-refractivity contribution is 5.84. The van der Waals surface area contributed by atoms with Crippen LogP contribution in [0.2, 0.25) is 0 Å². The van der Waals surface area contributed by atoms with Gasteiger partial charge in [0.2, 0.25) is 5.91 Å². The van der Waals surface area contributed by atoms with Gasteiger partial charge >= 0.3 is 5.97 Å². The van der Waals surface area contributed by atoms with Crippen LogP contribution in [0.15, 0.2) is 30.3 Å². The number of hydrogen-bond acceptors (Lipinski definition) is 3. The predicted octanol–water partition coefficient (Wildman–Crippen LogP) is 1.18. The van der Waals surface area contributed by atoms with Gasteiger partial charge in [0.15, 0.2) is 0 Å². The predicted molar refractivity (Wildman–Crippen MR) is 73.4 cm³/mol. The van der Waals surface area contributed by atoms with E-state index in [4.69, 9.17) is 4.74 Å². The lowest BCUT2D eigenvalue weighted by atomic mass is 9.82. The minimum absolute atomic E-state index is 0.0711. The minimum atomic E-state index is -1.13. The summed E-state index contributed by atoms with van der Waals surface area (Å²) in [5.74, 6) is -1.25. The van der Waals surface area contributed by atoms with E-state index >= 15 is 0 Å². The summed E-state index contributed by atoms with van der Waals surface area (Å²) in [6, 6.07) is 8.95. The summed E-state index contributed by atoms with van der Waals surface area (Å²) in [5.41, 5.74) is -0.452. The topological polar surface area (TPSA) is 75.6 Å². The van der Waals surface area contributed by atoms with Crippen molar-refractivity contribution in [2.45, 2.75) is 18.8 Å². The molecule has 2 unspecified atom stereocenters. The average Bonchev–Trinajstić information content (AvgIpc) is 2.99. The van der Waals surface area contributed by atoms with E-state index in [2.05, 4.69) is 5.32 Å². The third kappa shape index (κ3) is 2.99. The molecule has 1 aromatic carbocycles. The highest BCUT2D eigenvalue weighted by Crippen LogP contribution is 2.23. The van der Waals surface area contributed by atoms with Crippen molar-refractivity contribution in [3.8, 4) is 0 Å². The Hall–Kier alpha value is -1.88. The molecule has 5 nitrogen and oxygen atoms in total. The average molecular weight is 277 g/mol. The van der Waals surface area contributed by atoms with Crippen molar-refractivity contribution in [3.05, 3.63) is 35.9 Å². The minimum Gasteiger partial charge on any atom is -0.481 e. The highest BCUT2D eigenvalue weighted by atomic mass is 16.5. The Balaban J connectivity index is 2.06. The number of ether oxygens (including phenoxy) is 1. The van der Waals surface area contributed by atoms with Gasteiger partial charge in [0.25, 0.3) is 0 Å². The zero-order valence-electron chi connectivity index (χ0n) is 11.5. The quantitative estimate of drug-likeness (QED) is 0.847. The Kier molecular flexibility index (Phi) is 4.39. The molecule has 0 radical (unpaired) electrons. The van der Waals surface area contributed by atoms with E-state index in [-0.39, 0.29) is 18.4 Å². The molecular formula is C15H19NO4. The zero-order valence-corrected chi connectivity index (χ0v) is 11.5. The molecule has 2 atom stereocenters. The van der Waals surface area contributed by atoms with E-state index in [0.29, 0.717) is 25.2 Å². The van der Waals surface area contributed by atoms with E-state index < -0.39 is 11.4 Å². The molecule has 1 fully saturated rings. The second-order valence-electron chi connectivity index (χ2n) is 5.28. The van der Waals surface area contributed by atoms with E-state index in [9.17, 15) is 14.7 Å². The van der Waals surface area contributed by atoms with Crippen LogP contribution in [-0.4, -0.2) is 36.7 Å². The molecule has 108 valence electrons.